The fourth-order valence-corrected chi connectivity index (χ4v) is 3.86. The molecule has 0 atom stereocenters. The zero-order valence-corrected chi connectivity index (χ0v) is 17.3. The van der Waals surface area contributed by atoms with Gasteiger partial charge in [0.25, 0.3) is 0 Å². The molecule has 0 N–H and O–H groups in total. The summed E-state index contributed by atoms with van der Waals surface area (Å²) < 4.78 is 12.5. The van der Waals surface area contributed by atoms with Gasteiger partial charge in [-0.2, -0.15) is 0 Å². The van der Waals surface area contributed by atoms with Crippen molar-refractivity contribution in [2.24, 2.45) is 0 Å². The third-order valence-corrected chi connectivity index (χ3v) is 5.84. The van der Waals surface area contributed by atoms with Gasteiger partial charge in [-0.15, -0.1) is 0 Å². The quantitative estimate of drug-likeness (QED) is 0.540. The van der Waals surface area contributed by atoms with E-state index in [1.807, 2.05) is 36.4 Å². The van der Waals surface area contributed by atoms with Crippen molar-refractivity contribution in [2.45, 2.75) is 31.3 Å². The molecule has 1 heterocycles. The normalized spacial score (nSPS) is 17.2. The number of piperidine rings is 1. The van der Waals surface area contributed by atoms with Gasteiger partial charge in [0.1, 0.15) is 12.7 Å². The lowest BCUT2D eigenvalue weighted by atomic mass is 9.77. The first-order chi connectivity index (χ1) is 13.4. The number of benzene rings is 2. The van der Waals surface area contributed by atoms with Crippen molar-refractivity contribution in [3.05, 3.63) is 71.8 Å². The SMILES string of the molecule is CC(COCC(=O)OC1CC[N+](C)(C)CC1)(c1ccccc1)c1ccccc1. The molecule has 0 bridgehead atoms. The Morgan fingerprint density at radius 3 is 1.96 bits per heavy atom. The number of carbonyl (C=O) groups excluding carboxylic acids is 1. The van der Waals surface area contributed by atoms with E-state index in [2.05, 4.69) is 45.3 Å². The lowest BCUT2D eigenvalue weighted by Gasteiger charge is -2.36. The maximum absolute atomic E-state index is 12.3. The Morgan fingerprint density at radius 1 is 0.964 bits per heavy atom. The predicted octanol–water partition coefficient (Wildman–Crippen LogP) is 3.79. The Labute approximate surface area is 168 Å². The van der Waals surface area contributed by atoms with E-state index in [4.69, 9.17) is 9.47 Å². The van der Waals surface area contributed by atoms with Crippen molar-refractivity contribution in [3.8, 4) is 0 Å². The minimum atomic E-state index is -0.324. The van der Waals surface area contributed by atoms with Crippen molar-refractivity contribution in [2.75, 3.05) is 40.4 Å². The van der Waals surface area contributed by atoms with Gasteiger partial charge in [0, 0.05) is 18.3 Å². The highest BCUT2D eigenvalue weighted by Crippen LogP contribution is 2.32. The minimum absolute atomic E-state index is 0.00991. The number of esters is 1. The molecule has 0 amide bonds. The van der Waals surface area contributed by atoms with Gasteiger partial charge < -0.3 is 14.0 Å². The number of quaternary nitrogens is 1. The van der Waals surface area contributed by atoms with Crippen molar-refractivity contribution in [1.82, 2.24) is 0 Å². The third-order valence-electron chi connectivity index (χ3n) is 5.84. The fraction of sp³-hybridized carbons (Fsp3) is 0.458. The second kappa shape index (κ2) is 8.89. The summed E-state index contributed by atoms with van der Waals surface area (Å²) in [5, 5.41) is 0. The van der Waals surface area contributed by atoms with Crippen LogP contribution in [0.3, 0.4) is 0 Å². The topological polar surface area (TPSA) is 35.5 Å². The molecular formula is C24H32NO3+. The van der Waals surface area contributed by atoms with Crippen LogP contribution < -0.4 is 0 Å². The van der Waals surface area contributed by atoms with E-state index in [1.54, 1.807) is 0 Å². The molecule has 1 aliphatic heterocycles. The van der Waals surface area contributed by atoms with Crippen molar-refractivity contribution in [3.63, 3.8) is 0 Å². The molecule has 1 saturated heterocycles. The van der Waals surface area contributed by atoms with Crippen LogP contribution in [-0.4, -0.2) is 57.0 Å². The molecule has 4 heteroatoms. The molecule has 0 unspecified atom stereocenters. The molecule has 0 spiro atoms. The Balaban J connectivity index is 1.58. The van der Waals surface area contributed by atoms with Crippen LogP contribution >= 0.6 is 0 Å². The van der Waals surface area contributed by atoms with Crippen LogP contribution in [0.1, 0.15) is 30.9 Å². The number of hydrogen-bond donors (Lipinski definition) is 0. The summed E-state index contributed by atoms with van der Waals surface area (Å²) in [6.45, 7) is 4.65. The van der Waals surface area contributed by atoms with Crippen LogP contribution in [0.2, 0.25) is 0 Å². The summed E-state index contributed by atoms with van der Waals surface area (Å²) in [5.41, 5.74) is 2.01. The number of nitrogens with zero attached hydrogens (tertiary/aromatic N) is 1. The van der Waals surface area contributed by atoms with E-state index in [0.29, 0.717) is 6.61 Å². The zero-order valence-electron chi connectivity index (χ0n) is 17.3. The van der Waals surface area contributed by atoms with Crippen LogP contribution in [-0.2, 0) is 19.7 Å². The monoisotopic (exact) mass is 382 g/mol. The molecule has 0 aliphatic carbocycles. The zero-order chi connectivity index (χ0) is 20.0. The Kier molecular flexibility index (Phi) is 6.53. The van der Waals surface area contributed by atoms with Crippen molar-refractivity contribution in [1.29, 1.82) is 0 Å². The van der Waals surface area contributed by atoms with Gasteiger partial charge in [0.2, 0.25) is 0 Å². The first-order valence-electron chi connectivity index (χ1n) is 10.1. The molecule has 0 saturated carbocycles. The second-order valence-corrected chi connectivity index (χ2v) is 8.63. The largest absolute Gasteiger partial charge is 0.460 e. The molecule has 0 aromatic heterocycles. The maximum atomic E-state index is 12.3. The molecule has 2 aromatic carbocycles. The summed E-state index contributed by atoms with van der Waals surface area (Å²) in [4.78, 5) is 12.3. The summed E-state index contributed by atoms with van der Waals surface area (Å²) in [5.74, 6) is -0.263. The average Bonchev–Trinajstić information content (AvgIpc) is 2.71. The van der Waals surface area contributed by atoms with E-state index in [0.717, 1.165) is 30.4 Å². The van der Waals surface area contributed by atoms with Crippen LogP contribution in [0.4, 0.5) is 0 Å². The second-order valence-electron chi connectivity index (χ2n) is 8.63. The fourth-order valence-electron chi connectivity index (χ4n) is 3.86. The Bertz CT molecular complexity index is 708. The number of carbonyl (C=O) groups is 1. The number of hydrogen-bond acceptors (Lipinski definition) is 3. The number of rotatable bonds is 7. The number of ether oxygens (including phenoxy) is 2. The van der Waals surface area contributed by atoms with Gasteiger partial charge in [-0.3, -0.25) is 0 Å². The van der Waals surface area contributed by atoms with Crippen LogP contribution in [0, 0.1) is 0 Å². The molecule has 3 rings (SSSR count). The Hall–Kier alpha value is -2.17. The highest BCUT2D eigenvalue weighted by atomic mass is 16.6. The van der Waals surface area contributed by atoms with Crippen LogP contribution in [0.15, 0.2) is 60.7 Å². The maximum Gasteiger partial charge on any atom is 0.332 e. The van der Waals surface area contributed by atoms with Crippen LogP contribution in [0.5, 0.6) is 0 Å². The van der Waals surface area contributed by atoms with E-state index >= 15 is 0 Å². The summed E-state index contributed by atoms with van der Waals surface area (Å²) >= 11 is 0. The van der Waals surface area contributed by atoms with Crippen molar-refractivity contribution < 1.29 is 18.8 Å². The van der Waals surface area contributed by atoms with Gasteiger partial charge >= 0.3 is 5.97 Å². The molecule has 2 aromatic rings. The van der Waals surface area contributed by atoms with Gasteiger partial charge in [0.15, 0.2) is 0 Å². The summed E-state index contributed by atoms with van der Waals surface area (Å²) in [7, 11) is 4.43. The molecule has 4 nitrogen and oxygen atoms in total. The van der Waals surface area contributed by atoms with E-state index < -0.39 is 0 Å². The summed E-state index contributed by atoms with van der Waals surface area (Å²) in [6, 6.07) is 20.6. The molecular weight excluding hydrogens is 350 g/mol. The number of likely N-dealkylation sites (tertiary alicyclic amines) is 1. The van der Waals surface area contributed by atoms with Gasteiger partial charge in [0.05, 0.1) is 33.8 Å². The minimum Gasteiger partial charge on any atom is -0.460 e. The van der Waals surface area contributed by atoms with Gasteiger partial charge in [-0.25, -0.2) is 4.79 Å². The Morgan fingerprint density at radius 2 is 1.46 bits per heavy atom. The first-order valence-corrected chi connectivity index (χ1v) is 10.1. The smallest absolute Gasteiger partial charge is 0.332 e. The predicted molar refractivity (Wildman–Crippen MR) is 111 cm³/mol. The molecule has 1 aliphatic rings. The highest BCUT2D eigenvalue weighted by molar-refractivity contribution is 5.70. The standard InChI is InChI=1S/C24H32NO3/c1-24(20-10-6-4-7-11-20,21-12-8-5-9-13-21)19-27-18-23(26)28-22-14-16-25(2,3)17-15-22/h4-13,22H,14-19H2,1-3H3/q+1. The molecule has 0 radical (unpaired) electrons. The third kappa shape index (κ3) is 5.21. The van der Waals surface area contributed by atoms with E-state index in [9.17, 15) is 4.79 Å². The van der Waals surface area contributed by atoms with Gasteiger partial charge in [-0.05, 0) is 18.1 Å². The molecule has 150 valence electrons. The van der Waals surface area contributed by atoms with E-state index in [1.165, 1.54) is 11.1 Å². The van der Waals surface area contributed by atoms with E-state index in [-0.39, 0.29) is 24.1 Å². The lowest BCUT2D eigenvalue weighted by Crippen LogP contribution is -2.48. The molecule has 1 fully saturated rings. The van der Waals surface area contributed by atoms with Crippen molar-refractivity contribution >= 4 is 5.97 Å². The summed E-state index contributed by atoms with van der Waals surface area (Å²) in [6.07, 6.45) is 1.87. The van der Waals surface area contributed by atoms with Crippen LogP contribution in [0.25, 0.3) is 0 Å². The average molecular weight is 383 g/mol. The molecule has 28 heavy (non-hydrogen) atoms. The van der Waals surface area contributed by atoms with Gasteiger partial charge in [-0.1, -0.05) is 60.7 Å². The lowest BCUT2D eigenvalue weighted by molar-refractivity contribution is -0.896. The first kappa shape index (κ1) is 20.6. The highest BCUT2D eigenvalue weighted by Gasteiger charge is 2.31.